The summed E-state index contributed by atoms with van der Waals surface area (Å²) in [6, 6.07) is 8.94. The first-order valence-electron chi connectivity index (χ1n) is 5.55. The van der Waals surface area contributed by atoms with E-state index in [9.17, 15) is 0 Å². The molecule has 0 saturated carbocycles. The number of thiocarbonyl (C=S) groups is 1. The Kier molecular flexibility index (Phi) is 4.69. The molecule has 0 fully saturated rings. The van der Waals surface area contributed by atoms with Crippen molar-refractivity contribution < 1.29 is 4.42 Å². The van der Waals surface area contributed by atoms with Crippen molar-refractivity contribution in [3.8, 4) is 0 Å². The fourth-order valence-corrected chi connectivity index (χ4v) is 2.26. The van der Waals surface area contributed by atoms with Crippen molar-refractivity contribution in [3.63, 3.8) is 0 Å². The van der Waals surface area contributed by atoms with Gasteiger partial charge < -0.3 is 14.6 Å². The highest BCUT2D eigenvalue weighted by atomic mass is 35.5. The Bertz CT molecular complexity index is 552. The van der Waals surface area contributed by atoms with Crippen LogP contribution in [0.1, 0.15) is 5.76 Å². The van der Waals surface area contributed by atoms with Gasteiger partial charge in [0, 0.05) is 22.8 Å². The molecule has 0 bridgehead atoms. The van der Waals surface area contributed by atoms with Crippen LogP contribution in [0, 0.1) is 0 Å². The van der Waals surface area contributed by atoms with Gasteiger partial charge >= 0.3 is 0 Å². The lowest BCUT2D eigenvalue weighted by atomic mass is 10.3. The van der Waals surface area contributed by atoms with Gasteiger partial charge in [0.1, 0.15) is 5.76 Å². The van der Waals surface area contributed by atoms with Gasteiger partial charge in [0.15, 0.2) is 5.11 Å². The van der Waals surface area contributed by atoms with Crippen molar-refractivity contribution >= 4 is 46.2 Å². The molecule has 1 N–H and O–H groups in total. The van der Waals surface area contributed by atoms with E-state index >= 15 is 0 Å². The molecule has 0 aliphatic rings. The second-order valence-corrected chi connectivity index (χ2v) is 5.28. The van der Waals surface area contributed by atoms with Crippen molar-refractivity contribution in [2.75, 3.05) is 12.4 Å². The van der Waals surface area contributed by atoms with Crippen LogP contribution in [0.15, 0.2) is 41.0 Å². The Morgan fingerprint density at radius 1 is 1.32 bits per heavy atom. The van der Waals surface area contributed by atoms with E-state index in [-0.39, 0.29) is 0 Å². The zero-order valence-electron chi connectivity index (χ0n) is 10.2. The third-order valence-corrected chi connectivity index (χ3v) is 3.28. The molecular weight excluding hydrogens is 303 g/mol. The minimum atomic E-state index is 0.562. The second kappa shape index (κ2) is 6.28. The van der Waals surface area contributed by atoms with E-state index in [0.29, 0.717) is 21.7 Å². The molecule has 1 heterocycles. The van der Waals surface area contributed by atoms with Crippen LogP contribution in [-0.4, -0.2) is 17.1 Å². The molecule has 100 valence electrons. The first-order chi connectivity index (χ1) is 9.04. The summed E-state index contributed by atoms with van der Waals surface area (Å²) >= 11 is 17.2. The Morgan fingerprint density at radius 3 is 2.58 bits per heavy atom. The summed E-state index contributed by atoms with van der Waals surface area (Å²) in [6.07, 6.45) is 1.64. The molecule has 0 saturated heterocycles. The molecule has 2 rings (SSSR count). The average Bonchev–Trinajstić information content (AvgIpc) is 2.80. The fourth-order valence-electron chi connectivity index (χ4n) is 1.55. The van der Waals surface area contributed by atoms with Gasteiger partial charge in [0.2, 0.25) is 0 Å². The van der Waals surface area contributed by atoms with Crippen LogP contribution in [-0.2, 0) is 6.54 Å². The minimum absolute atomic E-state index is 0.562. The third kappa shape index (κ3) is 4.13. The highest BCUT2D eigenvalue weighted by Gasteiger charge is 2.08. The molecule has 1 aromatic carbocycles. The first kappa shape index (κ1) is 14.2. The predicted molar refractivity (Wildman–Crippen MR) is 82.9 cm³/mol. The molecule has 1 aromatic heterocycles. The van der Waals surface area contributed by atoms with Gasteiger partial charge in [0.25, 0.3) is 0 Å². The normalized spacial score (nSPS) is 10.3. The number of nitrogens with one attached hydrogen (secondary N) is 1. The van der Waals surface area contributed by atoms with E-state index in [1.807, 2.05) is 24.1 Å². The number of hydrogen-bond acceptors (Lipinski definition) is 2. The number of furan rings is 1. The van der Waals surface area contributed by atoms with Crippen molar-refractivity contribution in [1.82, 2.24) is 4.90 Å². The number of hydrogen-bond donors (Lipinski definition) is 1. The smallest absolute Gasteiger partial charge is 0.173 e. The maximum absolute atomic E-state index is 5.93. The lowest BCUT2D eigenvalue weighted by Gasteiger charge is -2.20. The monoisotopic (exact) mass is 314 g/mol. The minimum Gasteiger partial charge on any atom is -0.467 e. The highest BCUT2D eigenvalue weighted by molar-refractivity contribution is 7.80. The lowest BCUT2D eigenvalue weighted by Crippen LogP contribution is -2.30. The van der Waals surface area contributed by atoms with E-state index in [4.69, 9.17) is 39.8 Å². The fraction of sp³-hybridized carbons (Fsp3) is 0.154. The largest absolute Gasteiger partial charge is 0.467 e. The van der Waals surface area contributed by atoms with E-state index < -0.39 is 0 Å². The highest BCUT2D eigenvalue weighted by Crippen LogP contribution is 2.22. The average molecular weight is 315 g/mol. The summed E-state index contributed by atoms with van der Waals surface area (Å²) < 4.78 is 5.27. The van der Waals surface area contributed by atoms with Crippen molar-refractivity contribution in [2.45, 2.75) is 6.54 Å². The predicted octanol–water partition coefficient (Wildman–Crippen LogP) is 4.42. The maximum atomic E-state index is 5.93. The Balaban J connectivity index is 2.00. The molecule has 3 nitrogen and oxygen atoms in total. The lowest BCUT2D eigenvalue weighted by molar-refractivity contribution is 0.414. The topological polar surface area (TPSA) is 28.4 Å². The van der Waals surface area contributed by atoms with Crippen molar-refractivity contribution in [2.24, 2.45) is 0 Å². The number of benzene rings is 1. The number of nitrogens with zero attached hydrogens (tertiary/aromatic N) is 1. The van der Waals surface area contributed by atoms with Crippen LogP contribution in [0.25, 0.3) is 0 Å². The molecule has 0 spiro atoms. The molecule has 0 aliphatic heterocycles. The summed E-state index contributed by atoms with van der Waals surface area (Å²) in [7, 11) is 1.88. The molecule has 19 heavy (non-hydrogen) atoms. The molecule has 0 atom stereocenters. The second-order valence-electron chi connectivity index (χ2n) is 4.02. The maximum Gasteiger partial charge on any atom is 0.173 e. The Labute approximate surface area is 127 Å². The molecule has 0 radical (unpaired) electrons. The van der Waals surface area contributed by atoms with Crippen LogP contribution in [0.2, 0.25) is 10.0 Å². The first-order valence-corrected chi connectivity index (χ1v) is 6.71. The van der Waals surface area contributed by atoms with E-state index in [2.05, 4.69) is 5.32 Å². The zero-order chi connectivity index (χ0) is 13.8. The summed E-state index contributed by atoms with van der Waals surface area (Å²) in [5.74, 6) is 0.843. The van der Waals surface area contributed by atoms with Crippen LogP contribution in [0.3, 0.4) is 0 Å². The van der Waals surface area contributed by atoms with Gasteiger partial charge in [-0.1, -0.05) is 23.2 Å². The molecule has 0 amide bonds. The molecule has 2 aromatic rings. The standard InChI is InChI=1S/C13H12Cl2N2OS/c1-17(8-12-3-2-4-18-12)13(19)16-11-6-9(14)5-10(15)7-11/h2-7H,8H2,1H3,(H,16,19). The van der Waals surface area contributed by atoms with Gasteiger partial charge in [-0.3, -0.25) is 0 Å². The van der Waals surface area contributed by atoms with E-state index in [1.54, 1.807) is 24.5 Å². The number of halogens is 2. The van der Waals surface area contributed by atoms with Gasteiger partial charge in [-0.2, -0.15) is 0 Å². The van der Waals surface area contributed by atoms with Gasteiger partial charge in [0.05, 0.1) is 12.8 Å². The summed E-state index contributed by atoms with van der Waals surface area (Å²) in [6.45, 7) is 0.590. The number of anilines is 1. The molecule has 0 aliphatic carbocycles. The summed E-state index contributed by atoms with van der Waals surface area (Å²) in [5.41, 5.74) is 0.758. The van der Waals surface area contributed by atoms with Gasteiger partial charge in [-0.15, -0.1) is 0 Å². The third-order valence-electron chi connectivity index (χ3n) is 2.43. The molecular formula is C13H12Cl2N2OS. The van der Waals surface area contributed by atoms with E-state index in [1.165, 1.54) is 0 Å². The quantitative estimate of drug-likeness (QED) is 0.849. The SMILES string of the molecule is CN(Cc1ccco1)C(=S)Nc1cc(Cl)cc(Cl)c1. The van der Waals surface area contributed by atoms with Crippen molar-refractivity contribution in [1.29, 1.82) is 0 Å². The molecule has 6 heteroatoms. The van der Waals surface area contributed by atoms with Crippen LogP contribution in [0.4, 0.5) is 5.69 Å². The molecule has 0 unspecified atom stereocenters. The van der Waals surface area contributed by atoms with Crippen LogP contribution < -0.4 is 5.32 Å². The summed E-state index contributed by atoms with van der Waals surface area (Å²) in [5, 5.41) is 4.77. The summed E-state index contributed by atoms with van der Waals surface area (Å²) in [4.78, 5) is 1.86. The van der Waals surface area contributed by atoms with Crippen LogP contribution in [0.5, 0.6) is 0 Å². The van der Waals surface area contributed by atoms with Gasteiger partial charge in [-0.05, 0) is 42.5 Å². The van der Waals surface area contributed by atoms with Gasteiger partial charge in [-0.25, -0.2) is 0 Å². The zero-order valence-corrected chi connectivity index (χ0v) is 12.5. The number of rotatable bonds is 3. The Hall–Kier alpha value is -1.23. The van der Waals surface area contributed by atoms with Crippen molar-refractivity contribution in [3.05, 3.63) is 52.4 Å². The van der Waals surface area contributed by atoms with E-state index in [0.717, 1.165) is 11.4 Å². The van der Waals surface area contributed by atoms with Crippen LogP contribution >= 0.6 is 35.4 Å². The Morgan fingerprint density at radius 2 is 2.00 bits per heavy atom.